The van der Waals surface area contributed by atoms with Crippen molar-refractivity contribution in [1.29, 1.82) is 0 Å². The predicted molar refractivity (Wildman–Crippen MR) is 112 cm³/mol. The van der Waals surface area contributed by atoms with Gasteiger partial charge in [-0.25, -0.2) is 4.98 Å². The second-order valence-electron chi connectivity index (χ2n) is 8.37. The van der Waals surface area contributed by atoms with Crippen LogP contribution in [0.4, 0.5) is 0 Å². The van der Waals surface area contributed by atoms with Crippen molar-refractivity contribution in [2.24, 2.45) is 0 Å². The maximum atomic E-state index is 12.5. The van der Waals surface area contributed by atoms with Gasteiger partial charge in [0.05, 0.1) is 29.3 Å². The van der Waals surface area contributed by atoms with Gasteiger partial charge in [-0.05, 0) is 38.7 Å². The lowest BCUT2D eigenvalue weighted by Gasteiger charge is -2.45. The van der Waals surface area contributed by atoms with Crippen molar-refractivity contribution in [3.05, 3.63) is 64.9 Å². The number of nitrogens with one attached hydrogen (secondary N) is 2. The number of rotatable bonds is 3. The average molecular weight is 388 g/mol. The minimum atomic E-state index is -0.105. The summed E-state index contributed by atoms with van der Waals surface area (Å²) in [7, 11) is 0. The molecule has 2 N–H and O–H groups in total. The van der Waals surface area contributed by atoms with Crippen molar-refractivity contribution in [2.45, 2.75) is 50.6 Å². The molecule has 2 bridgehead atoms. The molecule has 7 heteroatoms. The summed E-state index contributed by atoms with van der Waals surface area (Å²) in [5.74, 6) is 0.663. The molecule has 3 aromatic heterocycles. The Bertz CT molecular complexity index is 1100. The Morgan fingerprint density at radius 1 is 1.31 bits per heavy atom. The first-order valence-electron chi connectivity index (χ1n) is 10.1. The van der Waals surface area contributed by atoms with E-state index in [1.54, 1.807) is 47.9 Å². The van der Waals surface area contributed by atoms with Crippen molar-refractivity contribution in [1.82, 2.24) is 29.8 Å². The summed E-state index contributed by atoms with van der Waals surface area (Å²) in [6, 6.07) is 2.12. The van der Waals surface area contributed by atoms with Crippen molar-refractivity contribution >= 4 is 6.08 Å². The Labute approximate surface area is 169 Å². The molecule has 2 saturated heterocycles. The Balaban J connectivity index is 1.37. The summed E-state index contributed by atoms with van der Waals surface area (Å²) in [5.41, 5.74) is 3.46. The highest BCUT2D eigenvalue weighted by Gasteiger charge is 2.36. The second kappa shape index (κ2) is 7.08. The van der Waals surface area contributed by atoms with E-state index in [1.807, 2.05) is 0 Å². The molecule has 148 valence electrons. The van der Waals surface area contributed by atoms with Gasteiger partial charge in [0.2, 0.25) is 0 Å². The molecule has 0 aliphatic carbocycles. The van der Waals surface area contributed by atoms with Crippen molar-refractivity contribution in [3.8, 4) is 17.1 Å². The van der Waals surface area contributed by atoms with Crippen LogP contribution in [0, 0.1) is 0 Å². The van der Waals surface area contributed by atoms with Gasteiger partial charge in [-0.15, -0.1) is 0 Å². The number of aromatic nitrogens is 5. The zero-order valence-corrected chi connectivity index (χ0v) is 16.4. The number of aromatic amines is 1. The van der Waals surface area contributed by atoms with Gasteiger partial charge in [-0.1, -0.05) is 12.0 Å². The van der Waals surface area contributed by atoms with Crippen LogP contribution in [0.1, 0.15) is 44.7 Å². The minimum absolute atomic E-state index is 0.105. The number of hydrogen-bond donors (Lipinski definition) is 2. The van der Waals surface area contributed by atoms with E-state index in [0.717, 1.165) is 18.5 Å². The molecule has 0 amide bonds. The van der Waals surface area contributed by atoms with Crippen LogP contribution >= 0.6 is 0 Å². The van der Waals surface area contributed by atoms with E-state index in [0.29, 0.717) is 23.1 Å². The normalized spacial score (nSPS) is 25.3. The van der Waals surface area contributed by atoms with Gasteiger partial charge in [0.25, 0.3) is 0 Å². The quantitative estimate of drug-likeness (QED) is 0.720. The van der Waals surface area contributed by atoms with E-state index < -0.39 is 0 Å². The third kappa shape index (κ3) is 3.65. The Morgan fingerprint density at radius 2 is 2.24 bits per heavy atom. The maximum Gasteiger partial charge on any atom is 0.193 e. The standard InChI is InChI=1S/C22H24N6O/c1-22-4-2-3-16(27-22)7-15(10-22)8-17-11-25-19(13-24-17)18-12-26-21(9-20(18)29)28-6-5-23-14-28/h5-6,8-9,11-14,16,27H,2-4,7,10H2,1H3,(H,26,29)/b15-8+/t16?,22-/m1/s1. The molecule has 5 rings (SSSR count). The number of hydrogen-bond acceptors (Lipinski definition) is 5. The van der Waals surface area contributed by atoms with Crippen LogP contribution in [0.5, 0.6) is 0 Å². The highest BCUT2D eigenvalue weighted by molar-refractivity contribution is 5.59. The topological polar surface area (TPSA) is 88.5 Å². The van der Waals surface area contributed by atoms with E-state index in [4.69, 9.17) is 0 Å². The zero-order valence-electron chi connectivity index (χ0n) is 16.4. The number of nitrogens with zero attached hydrogens (tertiary/aromatic N) is 4. The van der Waals surface area contributed by atoms with Crippen LogP contribution in [-0.2, 0) is 0 Å². The SMILES string of the molecule is C[C@@]12CCCC(C/C(=C\c3cnc(-c4c[nH]c(-n5ccnc5)cc4=O)cn3)C1)N2. The van der Waals surface area contributed by atoms with Crippen LogP contribution < -0.4 is 10.7 Å². The van der Waals surface area contributed by atoms with Gasteiger partial charge in [0.15, 0.2) is 5.43 Å². The molecule has 29 heavy (non-hydrogen) atoms. The molecule has 0 spiro atoms. The monoisotopic (exact) mass is 388 g/mol. The van der Waals surface area contributed by atoms with Crippen LogP contribution in [0.15, 0.2) is 53.7 Å². The number of fused-ring (bicyclic) bond motifs is 2. The van der Waals surface area contributed by atoms with E-state index in [2.05, 4.69) is 38.3 Å². The molecule has 2 fully saturated rings. The Morgan fingerprint density at radius 3 is 2.97 bits per heavy atom. The molecule has 0 aromatic carbocycles. The van der Waals surface area contributed by atoms with E-state index in [9.17, 15) is 4.79 Å². The largest absolute Gasteiger partial charge is 0.347 e. The number of H-pyrrole nitrogens is 1. The molecule has 0 saturated carbocycles. The number of piperidine rings is 2. The summed E-state index contributed by atoms with van der Waals surface area (Å²) in [6.07, 6.45) is 18.3. The van der Waals surface area contributed by atoms with Crippen molar-refractivity contribution in [2.75, 3.05) is 0 Å². The molecule has 1 unspecified atom stereocenters. The van der Waals surface area contributed by atoms with Crippen LogP contribution in [0.2, 0.25) is 0 Å². The van der Waals surface area contributed by atoms with Crippen LogP contribution in [-0.4, -0.2) is 36.1 Å². The van der Waals surface area contributed by atoms with Gasteiger partial charge in [0.1, 0.15) is 12.1 Å². The third-order valence-corrected chi connectivity index (χ3v) is 5.94. The highest BCUT2D eigenvalue weighted by atomic mass is 16.1. The summed E-state index contributed by atoms with van der Waals surface area (Å²) in [5, 5.41) is 3.78. The van der Waals surface area contributed by atoms with Gasteiger partial charge < -0.3 is 10.3 Å². The van der Waals surface area contributed by atoms with E-state index in [-0.39, 0.29) is 11.0 Å². The second-order valence-corrected chi connectivity index (χ2v) is 8.37. The molecule has 2 aliphatic heterocycles. The predicted octanol–water partition coefficient (Wildman–Crippen LogP) is 3.10. The first kappa shape index (κ1) is 18.0. The van der Waals surface area contributed by atoms with Gasteiger partial charge in [-0.3, -0.25) is 19.3 Å². The first-order chi connectivity index (χ1) is 14.1. The summed E-state index contributed by atoms with van der Waals surface area (Å²) in [6.45, 7) is 2.32. The lowest BCUT2D eigenvalue weighted by Crippen LogP contribution is -2.55. The number of pyridine rings is 1. The summed E-state index contributed by atoms with van der Waals surface area (Å²) < 4.78 is 1.75. The van der Waals surface area contributed by atoms with E-state index >= 15 is 0 Å². The zero-order chi connectivity index (χ0) is 19.8. The van der Waals surface area contributed by atoms with Crippen molar-refractivity contribution < 1.29 is 0 Å². The van der Waals surface area contributed by atoms with Gasteiger partial charge in [0, 0.05) is 36.2 Å². The summed E-state index contributed by atoms with van der Waals surface area (Å²) in [4.78, 5) is 28.7. The molecular weight excluding hydrogens is 364 g/mol. The minimum Gasteiger partial charge on any atom is -0.347 e. The lowest BCUT2D eigenvalue weighted by molar-refractivity contribution is 0.192. The average Bonchev–Trinajstić information content (AvgIpc) is 3.23. The third-order valence-electron chi connectivity index (χ3n) is 5.94. The molecular formula is C22H24N6O. The Hall–Kier alpha value is -3.06. The number of imidazole rings is 1. The molecule has 5 heterocycles. The lowest BCUT2D eigenvalue weighted by atomic mass is 9.75. The Kier molecular flexibility index (Phi) is 4.39. The molecule has 3 aromatic rings. The molecule has 2 atom stereocenters. The molecule has 7 nitrogen and oxygen atoms in total. The fourth-order valence-corrected chi connectivity index (χ4v) is 4.64. The first-order valence-corrected chi connectivity index (χ1v) is 10.1. The fraction of sp³-hybridized carbons (Fsp3) is 0.364. The fourth-order valence-electron chi connectivity index (χ4n) is 4.64. The van der Waals surface area contributed by atoms with Crippen molar-refractivity contribution in [3.63, 3.8) is 0 Å². The van der Waals surface area contributed by atoms with Gasteiger partial charge in [-0.2, -0.15) is 0 Å². The molecule has 2 aliphatic rings. The van der Waals surface area contributed by atoms with Crippen LogP contribution in [0.25, 0.3) is 23.2 Å². The highest BCUT2D eigenvalue weighted by Crippen LogP contribution is 2.37. The summed E-state index contributed by atoms with van der Waals surface area (Å²) >= 11 is 0. The van der Waals surface area contributed by atoms with Crippen LogP contribution in [0.3, 0.4) is 0 Å². The van der Waals surface area contributed by atoms with Gasteiger partial charge >= 0.3 is 0 Å². The maximum absolute atomic E-state index is 12.5. The van der Waals surface area contributed by atoms with E-state index in [1.165, 1.54) is 24.8 Å². The smallest absolute Gasteiger partial charge is 0.193 e. The molecule has 0 radical (unpaired) electrons.